The molecule has 0 bridgehead atoms. The first-order valence-electron chi connectivity index (χ1n) is 5.43. The van der Waals surface area contributed by atoms with Crippen molar-refractivity contribution < 1.29 is 9.47 Å². The molecule has 2 rings (SSSR count). The van der Waals surface area contributed by atoms with Crippen molar-refractivity contribution in [2.75, 3.05) is 20.3 Å². The van der Waals surface area contributed by atoms with Gasteiger partial charge in [-0.15, -0.1) is 0 Å². The summed E-state index contributed by atoms with van der Waals surface area (Å²) < 4.78 is 10.2. The molecule has 0 atom stereocenters. The first-order chi connectivity index (χ1) is 8.40. The summed E-state index contributed by atoms with van der Waals surface area (Å²) in [6, 6.07) is 9.82. The number of nitrogens with one attached hydrogen (secondary N) is 1. The van der Waals surface area contributed by atoms with E-state index in [1.165, 1.54) is 0 Å². The minimum absolute atomic E-state index is 0.420. The zero-order valence-corrected chi connectivity index (χ0v) is 9.72. The second-order valence-corrected chi connectivity index (χ2v) is 3.52. The van der Waals surface area contributed by atoms with Crippen LogP contribution < -0.4 is 0 Å². The van der Waals surface area contributed by atoms with E-state index in [2.05, 4.69) is 15.2 Å². The predicted octanol–water partition coefficient (Wildman–Crippen LogP) is 1.63. The van der Waals surface area contributed by atoms with Gasteiger partial charge in [0.05, 0.1) is 13.2 Å². The number of hydrogen-bond donors (Lipinski definition) is 1. The van der Waals surface area contributed by atoms with E-state index in [4.69, 9.17) is 9.47 Å². The Balaban J connectivity index is 1.92. The molecule has 1 N–H and O–H groups in total. The smallest absolute Gasteiger partial charge is 0.181 e. The van der Waals surface area contributed by atoms with Crippen LogP contribution in [0.3, 0.4) is 0 Å². The van der Waals surface area contributed by atoms with Crippen LogP contribution in [-0.4, -0.2) is 35.5 Å². The lowest BCUT2D eigenvalue weighted by Gasteiger charge is -1.99. The van der Waals surface area contributed by atoms with Crippen molar-refractivity contribution in [2.45, 2.75) is 6.61 Å². The van der Waals surface area contributed by atoms with Gasteiger partial charge >= 0.3 is 0 Å². The Morgan fingerprint density at radius 1 is 1.18 bits per heavy atom. The zero-order chi connectivity index (χ0) is 11.9. The Morgan fingerprint density at radius 2 is 2.00 bits per heavy atom. The molecule has 17 heavy (non-hydrogen) atoms. The molecule has 0 aliphatic heterocycles. The quantitative estimate of drug-likeness (QED) is 0.770. The number of H-pyrrole nitrogens is 1. The number of nitrogens with zero attached hydrogens (tertiary/aromatic N) is 2. The van der Waals surface area contributed by atoms with Crippen LogP contribution >= 0.6 is 0 Å². The molecule has 0 saturated carbocycles. The molecule has 0 saturated heterocycles. The van der Waals surface area contributed by atoms with Gasteiger partial charge in [0, 0.05) is 12.7 Å². The maximum Gasteiger partial charge on any atom is 0.181 e. The number of benzene rings is 1. The van der Waals surface area contributed by atoms with Crippen LogP contribution in [0.25, 0.3) is 11.4 Å². The summed E-state index contributed by atoms with van der Waals surface area (Å²) in [5.41, 5.74) is 0.992. The summed E-state index contributed by atoms with van der Waals surface area (Å²) in [6.07, 6.45) is 0. The second-order valence-electron chi connectivity index (χ2n) is 3.52. The van der Waals surface area contributed by atoms with Crippen molar-refractivity contribution in [3.63, 3.8) is 0 Å². The van der Waals surface area contributed by atoms with Gasteiger partial charge in [-0.1, -0.05) is 30.3 Å². The van der Waals surface area contributed by atoms with E-state index in [1.54, 1.807) is 7.11 Å². The molecule has 0 radical (unpaired) electrons. The lowest BCUT2D eigenvalue weighted by Crippen LogP contribution is -2.02. The van der Waals surface area contributed by atoms with E-state index in [0.717, 1.165) is 11.4 Å². The third-order valence-corrected chi connectivity index (χ3v) is 2.23. The average Bonchev–Trinajstić information content (AvgIpc) is 2.85. The van der Waals surface area contributed by atoms with Crippen molar-refractivity contribution in [3.8, 4) is 11.4 Å². The Bertz CT molecular complexity index is 442. The topological polar surface area (TPSA) is 60.0 Å². The summed E-state index contributed by atoms with van der Waals surface area (Å²) in [6.45, 7) is 1.56. The predicted molar refractivity (Wildman–Crippen MR) is 63.4 cm³/mol. The number of aromatic nitrogens is 3. The van der Waals surface area contributed by atoms with E-state index in [9.17, 15) is 0 Å². The Hall–Kier alpha value is -1.72. The summed E-state index contributed by atoms with van der Waals surface area (Å²) in [7, 11) is 1.64. The first-order valence-corrected chi connectivity index (χ1v) is 5.43. The summed E-state index contributed by atoms with van der Waals surface area (Å²) in [5.74, 6) is 1.41. The summed E-state index contributed by atoms with van der Waals surface area (Å²) >= 11 is 0. The maximum atomic E-state index is 5.35. The van der Waals surface area contributed by atoms with Crippen molar-refractivity contribution in [1.29, 1.82) is 0 Å². The Morgan fingerprint density at radius 3 is 2.76 bits per heavy atom. The van der Waals surface area contributed by atoms with Crippen LogP contribution in [0.4, 0.5) is 0 Å². The average molecular weight is 233 g/mol. The summed E-state index contributed by atoms with van der Waals surface area (Å²) in [4.78, 5) is 4.35. The summed E-state index contributed by atoms with van der Waals surface area (Å²) in [5, 5.41) is 6.99. The van der Waals surface area contributed by atoms with Crippen LogP contribution in [0.5, 0.6) is 0 Å². The number of ether oxygens (including phenoxy) is 2. The molecule has 0 aliphatic rings. The van der Waals surface area contributed by atoms with Crippen LogP contribution in [0.2, 0.25) is 0 Å². The normalized spacial score (nSPS) is 10.6. The SMILES string of the molecule is COCCOCc1nc(-c2ccccc2)n[nH]1. The molecular weight excluding hydrogens is 218 g/mol. The molecule has 0 amide bonds. The van der Waals surface area contributed by atoms with Gasteiger partial charge in [0.25, 0.3) is 0 Å². The monoisotopic (exact) mass is 233 g/mol. The molecule has 1 aromatic carbocycles. The van der Waals surface area contributed by atoms with Gasteiger partial charge in [-0.05, 0) is 0 Å². The van der Waals surface area contributed by atoms with E-state index in [1.807, 2.05) is 30.3 Å². The molecule has 1 aromatic heterocycles. The molecule has 90 valence electrons. The van der Waals surface area contributed by atoms with E-state index < -0.39 is 0 Å². The molecule has 5 nitrogen and oxygen atoms in total. The highest BCUT2D eigenvalue weighted by molar-refractivity contribution is 5.53. The Kier molecular flexibility index (Phi) is 4.23. The van der Waals surface area contributed by atoms with Crippen LogP contribution in [0, 0.1) is 0 Å². The standard InChI is InChI=1S/C12H15N3O2/c1-16-7-8-17-9-11-13-12(15-14-11)10-5-3-2-4-6-10/h2-6H,7-9H2,1H3,(H,13,14,15). The van der Waals surface area contributed by atoms with Crippen molar-refractivity contribution in [2.24, 2.45) is 0 Å². The number of hydrogen-bond acceptors (Lipinski definition) is 4. The molecule has 0 aliphatic carbocycles. The Labute approximate surface area is 99.8 Å². The molecule has 0 fully saturated rings. The number of methoxy groups -OCH3 is 1. The van der Waals surface area contributed by atoms with Gasteiger partial charge in [0.2, 0.25) is 0 Å². The van der Waals surface area contributed by atoms with Gasteiger partial charge in [0.15, 0.2) is 11.6 Å². The van der Waals surface area contributed by atoms with Gasteiger partial charge in [-0.2, -0.15) is 5.10 Å². The van der Waals surface area contributed by atoms with Crippen molar-refractivity contribution >= 4 is 0 Å². The third-order valence-electron chi connectivity index (χ3n) is 2.23. The second kappa shape index (κ2) is 6.12. The highest BCUT2D eigenvalue weighted by Crippen LogP contribution is 2.13. The zero-order valence-electron chi connectivity index (χ0n) is 9.72. The molecule has 2 aromatic rings. The molecule has 0 unspecified atom stereocenters. The minimum Gasteiger partial charge on any atom is -0.382 e. The van der Waals surface area contributed by atoms with E-state index >= 15 is 0 Å². The van der Waals surface area contributed by atoms with E-state index in [0.29, 0.717) is 25.6 Å². The van der Waals surface area contributed by atoms with E-state index in [-0.39, 0.29) is 0 Å². The molecular formula is C12H15N3O2. The maximum absolute atomic E-state index is 5.35. The first kappa shape index (κ1) is 11.8. The fourth-order valence-electron chi connectivity index (χ4n) is 1.39. The highest BCUT2D eigenvalue weighted by atomic mass is 16.5. The van der Waals surface area contributed by atoms with Crippen LogP contribution in [0.1, 0.15) is 5.82 Å². The fourth-order valence-corrected chi connectivity index (χ4v) is 1.39. The van der Waals surface area contributed by atoms with Crippen LogP contribution in [0.15, 0.2) is 30.3 Å². The molecule has 0 spiro atoms. The lowest BCUT2D eigenvalue weighted by molar-refractivity contribution is 0.0587. The minimum atomic E-state index is 0.420. The van der Waals surface area contributed by atoms with Gasteiger partial charge < -0.3 is 9.47 Å². The molecule has 1 heterocycles. The van der Waals surface area contributed by atoms with Gasteiger partial charge in [0.1, 0.15) is 6.61 Å². The third kappa shape index (κ3) is 3.37. The van der Waals surface area contributed by atoms with Gasteiger partial charge in [-0.25, -0.2) is 4.98 Å². The highest BCUT2D eigenvalue weighted by Gasteiger charge is 2.04. The van der Waals surface area contributed by atoms with Crippen molar-refractivity contribution in [1.82, 2.24) is 15.2 Å². The van der Waals surface area contributed by atoms with Gasteiger partial charge in [-0.3, -0.25) is 5.10 Å². The fraction of sp³-hybridized carbons (Fsp3) is 0.333. The lowest BCUT2D eigenvalue weighted by atomic mass is 10.2. The molecule has 5 heteroatoms. The number of rotatable bonds is 6. The van der Waals surface area contributed by atoms with Crippen LogP contribution in [-0.2, 0) is 16.1 Å². The number of aromatic amines is 1. The van der Waals surface area contributed by atoms with Crippen molar-refractivity contribution in [3.05, 3.63) is 36.2 Å². The largest absolute Gasteiger partial charge is 0.382 e.